The van der Waals surface area contributed by atoms with E-state index < -0.39 is 0 Å². The average molecular weight is 257 g/mol. The molecule has 1 aromatic carbocycles. The first-order valence-electron chi connectivity index (χ1n) is 5.80. The van der Waals surface area contributed by atoms with Gasteiger partial charge in [-0.05, 0) is 43.2 Å². The van der Waals surface area contributed by atoms with Gasteiger partial charge in [-0.3, -0.25) is 0 Å². The number of nitrogens with two attached hydrogens (primary N) is 1. The second kappa shape index (κ2) is 5.39. The average Bonchev–Trinajstić information content (AvgIpc) is 2.43. The van der Waals surface area contributed by atoms with Gasteiger partial charge in [0.25, 0.3) is 0 Å². The van der Waals surface area contributed by atoms with Crippen molar-refractivity contribution in [2.45, 2.75) is 13.8 Å². The first kappa shape index (κ1) is 12.9. The Balaban J connectivity index is 2.42. The van der Waals surface area contributed by atoms with E-state index >= 15 is 0 Å². The van der Waals surface area contributed by atoms with E-state index in [1.165, 1.54) is 0 Å². The van der Waals surface area contributed by atoms with Crippen LogP contribution in [0.1, 0.15) is 16.8 Å². The third-order valence-electron chi connectivity index (χ3n) is 2.90. The van der Waals surface area contributed by atoms with Crippen molar-refractivity contribution in [3.63, 3.8) is 0 Å². The molecule has 0 fully saturated rings. The van der Waals surface area contributed by atoms with Crippen LogP contribution in [0, 0.1) is 13.8 Å². The van der Waals surface area contributed by atoms with Crippen molar-refractivity contribution < 1.29 is 9.94 Å². The Bertz CT molecular complexity index is 624. The molecule has 0 unspecified atom stereocenters. The fraction of sp³-hybridized carbons (Fsp3) is 0.143. The molecule has 0 amide bonds. The highest BCUT2D eigenvalue weighted by molar-refractivity contribution is 5.97. The zero-order valence-corrected chi connectivity index (χ0v) is 10.8. The summed E-state index contributed by atoms with van der Waals surface area (Å²) in [5.41, 5.74) is 8.06. The molecular formula is C14H15N3O2. The minimum absolute atomic E-state index is 0.0825. The van der Waals surface area contributed by atoms with Crippen molar-refractivity contribution in [3.05, 3.63) is 53.3 Å². The minimum Gasteiger partial charge on any atom is -0.455 e. The van der Waals surface area contributed by atoms with Crippen LogP contribution in [0.25, 0.3) is 0 Å². The third-order valence-corrected chi connectivity index (χ3v) is 2.90. The summed E-state index contributed by atoms with van der Waals surface area (Å²) in [7, 11) is 0. The van der Waals surface area contributed by atoms with Crippen molar-refractivity contribution in [1.29, 1.82) is 0 Å². The summed E-state index contributed by atoms with van der Waals surface area (Å²) in [6.07, 6.45) is 1.56. The molecular weight excluding hydrogens is 242 g/mol. The van der Waals surface area contributed by atoms with Gasteiger partial charge in [0.1, 0.15) is 5.75 Å². The molecule has 5 nitrogen and oxygen atoms in total. The maximum absolute atomic E-state index is 8.74. The van der Waals surface area contributed by atoms with Gasteiger partial charge in [0.05, 0.1) is 0 Å². The molecule has 0 aliphatic heterocycles. The van der Waals surface area contributed by atoms with E-state index in [9.17, 15) is 0 Å². The number of oxime groups is 1. The Morgan fingerprint density at radius 3 is 2.68 bits per heavy atom. The summed E-state index contributed by atoms with van der Waals surface area (Å²) < 4.78 is 5.81. The number of pyridine rings is 1. The van der Waals surface area contributed by atoms with E-state index in [4.69, 9.17) is 15.7 Å². The van der Waals surface area contributed by atoms with Crippen LogP contribution in [-0.4, -0.2) is 16.0 Å². The summed E-state index contributed by atoms with van der Waals surface area (Å²) in [6, 6.07) is 9.25. The van der Waals surface area contributed by atoms with Crippen LogP contribution in [0.5, 0.6) is 11.5 Å². The van der Waals surface area contributed by atoms with Gasteiger partial charge in [-0.1, -0.05) is 17.3 Å². The number of hydrogen-bond acceptors (Lipinski definition) is 4. The van der Waals surface area contributed by atoms with Gasteiger partial charge in [0.15, 0.2) is 17.3 Å². The normalized spacial score (nSPS) is 11.4. The molecule has 1 heterocycles. The lowest BCUT2D eigenvalue weighted by atomic mass is 10.1. The maximum Gasteiger partial charge on any atom is 0.192 e. The number of rotatable bonds is 3. The van der Waals surface area contributed by atoms with E-state index in [-0.39, 0.29) is 5.84 Å². The SMILES string of the molecule is Cc1cccc(Oc2cccnc2/C(N)=N/O)c1C. The van der Waals surface area contributed by atoms with Crippen molar-refractivity contribution in [2.75, 3.05) is 0 Å². The van der Waals surface area contributed by atoms with Gasteiger partial charge < -0.3 is 15.7 Å². The third kappa shape index (κ3) is 2.65. The highest BCUT2D eigenvalue weighted by Crippen LogP contribution is 2.28. The minimum atomic E-state index is -0.0825. The Kier molecular flexibility index (Phi) is 3.66. The number of aryl methyl sites for hydroxylation is 1. The largest absolute Gasteiger partial charge is 0.455 e. The van der Waals surface area contributed by atoms with Gasteiger partial charge in [0, 0.05) is 6.20 Å². The number of amidine groups is 1. The lowest BCUT2D eigenvalue weighted by Gasteiger charge is -2.12. The van der Waals surface area contributed by atoms with Gasteiger partial charge in [-0.25, -0.2) is 4.98 Å². The van der Waals surface area contributed by atoms with Crippen molar-refractivity contribution in [1.82, 2.24) is 4.98 Å². The molecule has 0 bridgehead atoms. The van der Waals surface area contributed by atoms with Crippen LogP contribution >= 0.6 is 0 Å². The van der Waals surface area contributed by atoms with E-state index in [2.05, 4.69) is 10.1 Å². The van der Waals surface area contributed by atoms with Crippen LogP contribution in [0.3, 0.4) is 0 Å². The molecule has 0 aliphatic carbocycles. The first-order chi connectivity index (χ1) is 9.13. The molecule has 1 aromatic heterocycles. The highest BCUT2D eigenvalue weighted by atomic mass is 16.5. The van der Waals surface area contributed by atoms with Crippen LogP contribution < -0.4 is 10.5 Å². The Labute approximate surface area is 111 Å². The number of benzene rings is 1. The number of hydrogen-bond donors (Lipinski definition) is 2. The summed E-state index contributed by atoms with van der Waals surface area (Å²) in [4.78, 5) is 4.06. The number of aromatic nitrogens is 1. The van der Waals surface area contributed by atoms with Crippen LogP contribution in [0.4, 0.5) is 0 Å². The second-order valence-corrected chi connectivity index (χ2v) is 4.14. The topological polar surface area (TPSA) is 80.7 Å². The molecule has 2 rings (SSSR count). The molecule has 98 valence electrons. The summed E-state index contributed by atoms with van der Waals surface area (Å²) >= 11 is 0. The Morgan fingerprint density at radius 1 is 1.21 bits per heavy atom. The Hall–Kier alpha value is -2.56. The fourth-order valence-electron chi connectivity index (χ4n) is 1.67. The number of ether oxygens (including phenoxy) is 1. The zero-order chi connectivity index (χ0) is 13.8. The molecule has 3 N–H and O–H groups in total. The van der Waals surface area contributed by atoms with Gasteiger partial charge in [-0.2, -0.15) is 0 Å². The highest BCUT2D eigenvalue weighted by Gasteiger charge is 2.11. The fourth-order valence-corrected chi connectivity index (χ4v) is 1.67. The molecule has 0 aliphatic rings. The lowest BCUT2D eigenvalue weighted by Crippen LogP contribution is -2.16. The molecule has 0 radical (unpaired) electrons. The summed E-state index contributed by atoms with van der Waals surface area (Å²) in [6.45, 7) is 3.99. The molecule has 2 aromatic rings. The van der Waals surface area contributed by atoms with E-state index in [1.54, 1.807) is 18.3 Å². The molecule has 19 heavy (non-hydrogen) atoms. The van der Waals surface area contributed by atoms with E-state index in [0.717, 1.165) is 16.9 Å². The van der Waals surface area contributed by atoms with Crippen molar-refractivity contribution in [3.8, 4) is 11.5 Å². The van der Waals surface area contributed by atoms with Crippen molar-refractivity contribution in [2.24, 2.45) is 10.9 Å². The molecule has 0 spiro atoms. The predicted octanol–water partition coefficient (Wildman–Crippen LogP) is 2.59. The van der Waals surface area contributed by atoms with Crippen LogP contribution in [0.2, 0.25) is 0 Å². The smallest absolute Gasteiger partial charge is 0.192 e. The molecule has 5 heteroatoms. The van der Waals surface area contributed by atoms with Crippen molar-refractivity contribution >= 4 is 5.84 Å². The summed E-state index contributed by atoms with van der Waals surface area (Å²) in [5.74, 6) is 1.09. The van der Waals surface area contributed by atoms with Crippen LogP contribution in [0.15, 0.2) is 41.7 Å². The van der Waals surface area contributed by atoms with E-state index in [0.29, 0.717) is 11.4 Å². The monoisotopic (exact) mass is 257 g/mol. The quantitative estimate of drug-likeness (QED) is 0.383. The maximum atomic E-state index is 8.74. The van der Waals surface area contributed by atoms with Gasteiger partial charge in [-0.15, -0.1) is 0 Å². The standard InChI is InChI=1S/C14H15N3O2/c1-9-5-3-6-11(10(9)2)19-12-7-4-8-16-13(12)14(15)17-18/h3-8,18H,1-2H3,(H2,15,17). The van der Waals surface area contributed by atoms with Crippen LogP contribution in [-0.2, 0) is 0 Å². The Morgan fingerprint density at radius 2 is 1.95 bits per heavy atom. The second-order valence-electron chi connectivity index (χ2n) is 4.14. The van der Waals surface area contributed by atoms with Gasteiger partial charge >= 0.3 is 0 Å². The first-order valence-corrected chi connectivity index (χ1v) is 5.80. The van der Waals surface area contributed by atoms with Gasteiger partial charge in [0.2, 0.25) is 0 Å². The lowest BCUT2D eigenvalue weighted by molar-refractivity contribution is 0.318. The predicted molar refractivity (Wildman–Crippen MR) is 72.7 cm³/mol. The van der Waals surface area contributed by atoms with E-state index in [1.807, 2.05) is 32.0 Å². The molecule has 0 saturated heterocycles. The molecule has 0 saturated carbocycles. The summed E-state index contributed by atoms with van der Waals surface area (Å²) in [5, 5.41) is 11.7. The molecule has 0 atom stereocenters. The zero-order valence-electron chi connectivity index (χ0n) is 10.8. The number of nitrogens with zero attached hydrogens (tertiary/aromatic N) is 2.